The summed E-state index contributed by atoms with van der Waals surface area (Å²) in [7, 11) is -4.05. The first-order chi connectivity index (χ1) is 16.0. The summed E-state index contributed by atoms with van der Waals surface area (Å²) in [6.45, 7) is 5.50. The average molecular weight is 500 g/mol. The summed E-state index contributed by atoms with van der Waals surface area (Å²) < 4.78 is 66.2. The van der Waals surface area contributed by atoms with E-state index in [1.165, 1.54) is 24.3 Å². The lowest BCUT2D eigenvalue weighted by atomic mass is 10.1. The topological polar surface area (TPSA) is 91.7 Å². The largest absolute Gasteiger partial charge is 0.435 e. The van der Waals surface area contributed by atoms with Crippen LogP contribution in [0.1, 0.15) is 25.1 Å². The number of benzene rings is 2. The molecule has 0 fully saturated rings. The van der Waals surface area contributed by atoms with E-state index in [9.17, 15) is 21.6 Å². The molecule has 12 heteroatoms. The lowest BCUT2D eigenvalue weighted by Gasteiger charge is -2.13. The molecule has 0 saturated heterocycles. The standard InChI is InChI=1S/C22H24F3N3O5S/c1-4-31-32-14-16(3)33-27-34(29,30)19-11-9-18(10-12-19)28-20(13-21(26-28)22(23,24)25)17-7-5-15(2)6-8-17/h5-13,16,27H,4,14H2,1-3H3. The van der Waals surface area contributed by atoms with Crippen LogP contribution in [-0.2, 0) is 30.8 Å². The Labute approximate surface area is 195 Å². The first-order valence-electron chi connectivity index (χ1n) is 10.3. The zero-order valence-electron chi connectivity index (χ0n) is 18.7. The summed E-state index contributed by atoms with van der Waals surface area (Å²) in [5, 5.41) is 3.71. The van der Waals surface area contributed by atoms with Gasteiger partial charge in [-0.3, -0.25) is 4.84 Å². The smallest absolute Gasteiger partial charge is 0.281 e. The second-order valence-corrected chi connectivity index (χ2v) is 9.04. The number of rotatable bonds is 10. The van der Waals surface area contributed by atoms with Crippen molar-refractivity contribution in [1.29, 1.82) is 0 Å². The Hall–Kier alpha value is -2.77. The number of hydrogen-bond acceptors (Lipinski definition) is 6. The molecule has 0 aliphatic rings. The molecule has 1 unspecified atom stereocenters. The lowest BCUT2D eigenvalue weighted by molar-refractivity contribution is -0.304. The van der Waals surface area contributed by atoms with Gasteiger partial charge in [0.2, 0.25) is 0 Å². The fourth-order valence-electron chi connectivity index (χ4n) is 2.87. The van der Waals surface area contributed by atoms with Gasteiger partial charge in [0.15, 0.2) is 5.69 Å². The molecule has 1 aromatic heterocycles. The molecule has 0 radical (unpaired) electrons. The molecule has 0 aliphatic carbocycles. The number of halogens is 3. The van der Waals surface area contributed by atoms with Crippen LogP contribution in [0.5, 0.6) is 0 Å². The molecule has 34 heavy (non-hydrogen) atoms. The van der Waals surface area contributed by atoms with Gasteiger partial charge in [-0.2, -0.15) is 18.3 Å². The molecule has 8 nitrogen and oxygen atoms in total. The maximum absolute atomic E-state index is 13.4. The third kappa shape index (κ3) is 6.42. The number of sulfonamides is 1. The zero-order chi connectivity index (χ0) is 24.9. The quantitative estimate of drug-likeness (QED) is 0.252. The van der Waals surface area contributed by atoms with E-state index in [0.29, 0.717) is 12.2 Å². The summed E-state index contributed by atoms with van der Waals surface area (Å²) in [4.78, 5) is 16.4. The first kappa shape index (κ1) is 25.8. The van der Waals surface area contributed by atoms with E-state index in [0.717, 1.165) is 16.3 Å². The van der Waals surface area contributed by atoms with Crippen LogP contribution >= 0.6 is 0 Å². The van der Waals surface area contributed by atoms with E-state index in [4.69, 9.17) is 14.6 Å². The molecule has 184 valence electrons. The number of hydrogen-bond donors (Lipinski definition) is 1. The molecule has 0 aliphatic heterocycles. The molecule has 3 aromatic rings. The molecule has 1 N–H and O–H groups in total. The Morgan fingerprint density at radius 2 is 1.71 bits per heavy atom. The maximum atomic E-state index is 13.4. The average Bonchev–Trinajstić information content (AvgIpc) is 3.25. The molecule has 1 atom stereocenters. The van der Waals surface area contributed by atoms with Gasteiger partial charge in [0, 0.05) is 5.56 Å². The maximum Gasteiger partial charge on any atom is 0.435 e. The molecule has 3 rings (SSSR count). The van der Waals surface area contributed by atoms with Crippen LogP contribution in [-0.4, -0.2) is 37.5 Å². The van der Waals surface area contributed by atoms with E-state index >= 15 is 0 Å². The number of nitrogens with zero attached hydrogens (tertiary/aromatic N) is 2. The molecule has 0 amide bonds. The van der Waals surface area contributed by atoms with Gasteiger partial charge in [0.1, 0.15) is 12.7 Å². The first-order valence-corrected chi connectivity index (χ1v) is 11.8. The second kappa shape index (κ2) is 10.7. The normalized spacial score (nSPS) is 13.2. The van der Waals surface area contributed by atoms with Crippen LogP contribution in [0.3, 0.4) is 0 Å². The van der Waals surface area contributed by atoms with Crippen LogP contribution in [0.4, 0.5) is 13.2 Å². The van der Waals surface area contributed by atoms with Crippen molar-refractivity contribution in [3.63, 3.8) is 0 Å². The number of aromatic nitrogens is 2. The van der Waals surface area contributed by atoms with E-state index in [1.807, 2.05) is 11.8 Å². The zero-order valence-corrected chi connectivity index (χ0v) is 19.5. The van der Waals surface area contributed by atoms with Crippen molar-refractivity contribution in [2.45, 2.75) is 37.9 Å². The van der Waals surface area contributed by atoms with Crippen LogP contribution in [0.2, 0.25) is 0 Å². The van der Waals surface area contributed by atoms with Gasteiger partial charge in [-0.05, 0) is 51.1 Å². The van der Waals surface area contributed by atoms with Gasteiger partial charge >= 0.3 is 6.18 Å². The van der Waals surface area contributed by atoms with E-state index in [-0.39, 0.29) is 22.9 Å². The molecular formula is C22H24F3N3O5S. The molecule has 2 aromatic carbocycles. The predicted octanol–water partition coefficient (Wildman–Crippen LogP) is 4.43. The Bertz CT molecular complexity index is 1190. The van der Waals surface area contributed by atoms with Crippen molar-refractivity contribution in [2.24, 2.45) is 0 Å². The molecule has 0 spiro atoms. The summed E-state index contributed by atoms with van der Waals surface area (Å²) in [6, 6.07) is 13.1. The van der Waals surface area contributed by atoms with Gasteiger partial charge in [0.05, 0.1) is 22.9 Å². The monoisotopic (exact) mass is 499 g/mol. The third-order valence-electron chi connectivity index (χ3n) is 4.60. The van der Waals surface area contributed by atoms with Crippen molar-refractivity contribution in [3.8, 4) is 16.9 Å². The van der Waals surface area contributed by atoms with Gasteiger partial charge in [-0.15, -0.1) is 0 Å². The van der Waals surface area contributed by atoms with Crippen LogP contribution in [0.15, 0.2) is 59.5 Å². The fraction of sp³-hybridized carbons (Fsp3) is 0.318. The van der Waals surface area contributed by atoms with Crippen LogP contribution < -0.4 is 4.89 Å². The number of nitrogens with one attached hydrogen (secondary N) is 1. The number of alkyl halides is 3. The van der Waals surface area contributed by atoms with Gasteiger partial charge < -0.3 is 0 Å². The summed E-state index contributed by atoms with van der Waals surface area (Å²) in [5.74, 6) is 0. The minimum absolute atomic E-state index is 0.00206. The van der Waals surface area contributed by atoms with Crippen molar-refractivity contribution >= 4 is 10.0 Å². The minimum atomic E-state index is -4.64. The highest BCUT2D eigenvalue weighted by Gasteiger charge is 2.35. The minimum Gasteiger partial charge on any atom is -0.281 e. The number of aryl methyl sites for hydroxylation is 1. The summed E-state index contributed by atoms with van der Waals surface area (Å²) in [6.07, 6.45) is -5.28. The molecule has 0 saturated carbocycles. The Morgan fingerprint density at radius 3 is 2.29 bits per heavy atom. The SMILES string of the molecule is CCOOCC(C)ONS(=O)(=O)c1ccc(-n2nc(C(F)(F)F)cc2-c2ccc(C)cc2)cc1. The van der Waals surface area contributed by atoms with E-state index in [2.05, 4.69) is 5.10 Å². The van der Waals surface area contributed by atoms with Crippen molar-refractivity contribution < 1.29 is 36.2 Å². The van der Waals surface area contributed by atoms with Crippen molar-refractivity contribution in [2.75, 3.05) is 13.2 Å². The van der Waals surface area contributed by atoms with Gasteiger partial charge in [0.25, 0.3) is 10.0 Å². The highest BCUT2D eigenvalue weighted by Crippen LogP contribution is 2.33. The van der Waals surface area contributed by atoms with Crippen molar-refractivity contribution in [1.82, 2.24) is 14.7 Å². The lowest BCUT2D eigenvalue weighted by Crippen LogP contribution is -2.30. The van der Waals surface area contributed by atoms with E-state index in [1.54, 1.807) is 38.1 Å². The van der Waals surface area contributed by atoms with E-state index < -0.39 is 28.0 Å². The highest BCUT2D eigenvalue weighted by atomic mass is 32.2. The molecular weight excluding hydrogens is 475 g/mol. The predicted molar refractivity (Wildman–Crippen MR) is 117 cm³/mol. The summed E-state index contributed by atoms with van der Waals surface area (Å²) >= 11 is 0. The fourth-order valence-corrected chi connectivity index (χ4v) is 3.75. The molecule has 1 heterocycles. The Morgan fingerprint density at radius 1 is 1.06 bits per heavy atom. The third-order valence-corrected chi connectivity index (χ3v) is 5.81. The van der Waals surface area contributed by atoms with Gasteiger partial charge in [-0.1, -0.05) is 34.7 Å². The Balaban J connectivity index is 1.85. The van der Waals surface area contributed by atoms with Crippen LogP contribution in [0.25, 0.3) is 16.9 Å². The van der Waals surface area contributed by atoms with Crippen molar-refractivity contribution in [3.05, 3.63) is 65.9 Å². The summed E-state index contributed by atoms with van der Waals surface area (Å²) in [5.41, 5.74) is 0.896. The highest BCUT2D eigenvalue weighted by molar-refractivity contribution is 7.89. The van der Waals surface area contributed by atoms with Crippen LogP contribution in [0, 0.1) is 6.92 Å². The van der Waals surface area contributed by atoms with Gasteiger partial charge in [-0.25, -0.2) is 22.9 Å². The Kier molecular flexibility index (Phi) is 8.10. The second-order valence-electron chi connectivity index (χ2n) is 7.39. The molecule has 0 bridgehead atoms.